The molecule has 18 heavy (non-hydrogen) atoms. The first kappa shape index (κ1) is 14.7. The molecule has 100 valence electrons. The smallest absolute Gasteiger partial charge is 0.335 e. The quantitative estimate of drug-likeness (QED) is 0.686. The SMILES string of the molecule is CC(C)CCCCCCc1ccc(C(=O)O)cc1. The molecule has 0 aromatic heterocycles. The van der Waals surface area contributed by atoms with E-state index < -0.39 is 5.97 Å². The van der Waals surface area contributed by atoms with Gasteiger partial charge in [-0.15, -0.1) is 0 Å². The molecule has 0 unspecified atom stereocenters. The molecule has 0 saturated heterocycles. The molecule has 1 N–H and O–H groups in total. The van der Waals surface area contributed by atoms with Gasteiger partial charge >= 0.3 is 5.97 Å². The monoisotopic (exact) mass is 248 g/mol. The number of carboxylic acids is 1. The summed E-state index contributed by atoms with van der Waals surface area (Å²) < 4.78 is 0. The second-order valence-electron chi connectivity index (χ2n) is 5.35. The van der Waals surface area contributed by atoms with E-state index in [2.05, 4.69) is 13.8 Å². The molecule has 0 spiro atoms. The zero-order chi connectivity index (χ0) is 13.4. The molecule has 0 aliphatic heterocycles. The Morgan fingerprint density at radius 3 is 2.22 bits per heavy atom. The first-order chi connectivity index (χ1) is 8.59. The maximum atomic E-state index is 10.7. The number of benzene rings is 1. The maximum absolute atomic E-state index is 10.7. The fourth-order valence-corrected chi connectivity index (χ4v) is 2.05. The molecule has 0 amide bonds. The highest BCUT2D eigenvalue weighted by Gasteiger charge is 2.01. The molecule has 0 bridgehead atoms. The van der Waals surface area contributed by atoms with Crippen LogP contribution < -0.4 is 0 Å². The summed E-state index contributed by atoms with van der Waals surface area (Å²) in [6, 6.07) is 7.24. The molecule has 0 aliphatic rings. The van der Waals surface area contributed by atoms with E-state index in [1.807, 2.05) is 12.1 Å². The average Bonchev–Trinajstić information content (AvgIpc) is 2.34. The first-order valence-electron chi connectivity index (χ1n) is 6.92. The molecule has 0 heterocycles. The van der Waals surface area contributed by atoms with Crippen molar-refractivity contribution in [3.63, 3.8) is 0 Å². The van der Waals surface area contributed by atoms with Crippen molar-refractivity contribution in [2.45, 2.75) is 52.4 Å². The summed E-state index contributed by atoms with van der Waals surface area (Å²) in [6.07, 6.45) is 7.49. The third-order valence-electron chi connectivity index (χ3n) is 3.20. The summed E-state index contributed by atoms with van der Waals surface area (Å²) in [5.74, 6) is -0.0381. The van der Waals surface area contributed by atoms with Crippen molar-refractivity contribution in [2.75, 3.05) is 0 Å². The zero-order valence-corrected chi connectivity index (χ0v) is 11.5. The lowest BCUT2D eigenvalue weighted by Crippen LogP contribution is -1.96. The van der Waals surface area contributed by atoms with Gasteiger partial charge in [-0.05, 0) is 36.5 Å². The standard InChI is InChI=1S/C16H24O2/c1-13(2)7-5-3-4-6-8-14-9-11-15(12-10-14)16(17)18/h9-13H,3-8H2,1-2H3,(H,17,18). The van der Waals surface area contributed by atoms with Crippen molar-refractivity contribution in [1.29, 1.82) is 0 Å². The predicted octanol–water partition coefficient (Wildman–Crippen LogP) is 4.53. The zero-order valence-electron chi connectivity index (χ0n) is 11.5. The molecule has 0 atom stereocenters. The van der Waals surface area contributed by atoms with Gasteiger partial charge in [-0.2, -0.15) is 0 Å². The third kappa shape index (κ3) is 5.85. The minimum Gasteiger partial charge on any atom is -0.478 e. The lowest BCUT2D eigenvalue weighted by molar-refractivity contribution is 0.0697. The van der Waals surface area contributed by atoms with E-state index in [1.54, 1.807) is 12.1 Å². The molecule has 0 radical (unpaired) electrons. The Bertz CT molecular complexity index is 352. The van der Waals surface area contributed by atoms with Gasteiger partial charge in [-0.25, -0.2) is 4.79 Å². The Labute approximate surface area is 110 Å². The number of unbranched alkanes of at least 4 members (excludes halogenated alkanes) is 3. The fourth-order valence-electron chi connectivity index (χ4n) is 2.05. The van der Waals surface area contributed by atoms with E-state index in [4.69, 9.17) is 5.11 Å². The van der Waals surface area contributed by atoms with Gasteiger partial charge in [0.25, 0.3) is 0 Å². The number of rotatable bonds is 8. The van der Waals surface area contributed by atoms with Gasteiger partial charge < -0.3 is 5.11 Å². The van der Waals surface area contributed by atoms with Crippen molar-refractivity contribution in [2.24, 2.45) is 5.92 Å². The summed E-state index contributed by atoms with van der Waals surface area (Å²) in [4.78, 5) is 10.7. The molecular weight excluding hydrogens is 224 g/mol. The van der Waals surface area contributed by atoms with E-state index in [-0.39, 0.29) is 0 Å². The van der Waals surface area contributed by atoms with Crippen molar-refractivity contribution in [1.82, 2.24) is 0 Å². The Kier molecular flexibility index (Phi) is 6.48. The maximum Gasteiger partial charge on any atom is 0.335 e. The van der Waals surface area contributed by atoms with Gasteiger partial charge in [0.15, 0.2) is 0 Å². The third-order valence-corrected chi connectivity index (χ3v) is 3.20. The van der Waals surface area contributed by atoms with Crippen molar-refractivity contribution < 1.29 is 9.90 Å². The van der Waals surface area contributed by atoms with Crippen molar-refractivity contribution >= 4 is 5.97 Å². The second kappa shape index (κ2) is 7.91. The molecule has 0 saturated carbocycles. The lowest BCUT2D eigenvalue weighted by Gasteiger charge is -2.05. The Morgan fingerprint density at radius 2 is 1.67 bits per heavy atom. The van der Waals surface area contributed by atoms with Crippen LogP contribution in [0.25, 0.3) is 0 Å². The largest absolute Gasteiger partial charge is 0.478 e. The van der Waals surface area contributed by atoms with E-state index in [1.165, 1.54) is 37.7 Å². The van der Waals surface area contributed by atoms with Crippen LogP contribution >= 0.6 is 0 Å². The van der Waals surface area contributed by atoms with Gasteiger partial charge in [0, 0.05) is 0 Å². The summed E-state index contributed by atoms with van der Waals surface area (Å²) in [6.45, 7) is 4.54. The minimum atomic E-state index is -0.852. The van der Waals surface area contributed by atoms with Gasteiger partial charge in [0.2, 0.25) is 0 Å². The first-order valence-corrected chi connectivity index (χ1v) is 6.92. The number of hydrogen-bond acceptors (Lipinski definition) is 1. The van der Waals surface area contributed by atoms with Gasteiger partial charge in [0.05, 0.1) is 5.56 Å². The molecule has 1 aromatic rings. The van der Waals surface area contributed by atoms with E-state index in [9.17, 15) is 4.79 Å². The molecule has 1 rings (SSSR count). The van der Waals surface area contributed by atoms with Crippen LogP contribution in [0.5, 0.6) is 0 Å². The van der Waals surface area contributed by atoms with Crippen molar-refractivity contribution in [3.8, 4) is 0 Å². The molecule has 0 aliphatic carbocycles. The van der Waals surface area contributed by atoms with Gasteiger partial charge in [-0.3, -0.25) is 0 Å². The van der Waals surface area contributed by atoms with Crippen LogP contribution in [0.3, 0.4) is 0 Å². The summed E-state index contributed by atoms with van der Waals surface area (Å²) in [5, 5.41) is 8.79. The highest BCUT2D eigenvalue weighted by Crippen LogP contribution is 2.12. The molecule has 1 aromatic carbocycles. The normalized spacial score (nSPS) is 10.8. The highest BCUT2D eigenvalue weighted by atomic mass is 16.4. The van der Waals surface area contributed by atoms with Crippen LogP contribution in [0.15, 0.2) is 24.3 Å². The van der Waals surface area contributed by atoms with Gasteiger partial charge in [-0.1, -0.05) is 51.7 Å². The molecule has 0 fully saturated rings. The molecule has 2 heteroatoms. The number of aromatic carboxylic acids is 1. The fraction of sp³-hybridized carbons (Fsp3) is 0.562. The van der Waals surface area contributed by atoms with Gasteiger partial charge in [0.1, 0.15) is 0 Å². The van der Waals surface area contributed by atoms with E-state index >= 15 is 0 Å². The number of carboxylic acid groups (broad SMARTS) is 1. The highest BCUT2D eigenvalue weighted by molar-refractivity contribution is 5.87. The Balaban J connectivity index is 2.17. The van der Waals surface area contributed by atoms with Crippen LogP contribution in [0.4, 0.5) is 0 Å². The second-order valence-corrected chi connectivity index (χ2v) is 5.35. The summed E-state index contributed by atoms with van der Waals surface area (Å²) >= 11 is 0. The Morgan fingerprint density at radius 1 is 1.06 bits per heavy atom. The van der Waals surface area contributed by atoms with Crippen LogP contribution in [0, 0.1) is 5.92 Å². The van der Waals surface area contributed by atoms with Crippen molar-refractivity contribution in [3.05, 3.63) is 35.4 Å². The topological polar surface area (TPSA) is 37.3 Å². The predicted molar refractivity (Wildman–Crippen MR) is 75.0 cm³/mol. The van der Waals surface area contributed by atoms with Crippen LogP contribution in [0.1, 0.15) is 61.9 Å². The summed E-state index contributed by atoms with van der Waals surface area (Å²) in [7, 11) is 0. The lowest BCUT2D eigenvalue weighted by atomic mass is 10.0. The number of hydrogen-bond donors (Lipinski definition) is 1. The van der Waals surface area contributed by atoms with E-state index in [0.29, 0.717) is 5.56 Å². The minimum absolute atomic E-state index is 0.371. The average molecular weight is 248 g/mol. The van der Waals surface area contributed by atoms with Crippen LogP contribution in [-0.2, 0) is 6.42 Å². The number of aryl methyl sites for hydroxylation is 1. The van der Waals surface area contributed by atoms with Crippen LogP contribution in [0.2, 0.25) is 0 Å². The Hall–Kier alpha value is -1.31. The van der Waals surface area contributed by atoms with Crippen LogP contribution in [-0.4, -0.2) is 11.1 Å². The molecule has 2 nitrogen and oxygen atoms in total. The number of carbonyl (C=O) groups is 1. The molecular formula is C16H24O2. The van der Waals surface area contributed by atoms with E-state index in [0.717, 1.165) is 12.3 Å². The summed E-state index contributed by atoms with van der Waals surface area (Å²) in [5.41, 5.74) is 1.61.